The summed E-state index contributed by atoms with van der Waals surface area (Å²) in [5.74, 6) is 1.08. The van der Waals surface area contributed by atoms with Gasteiger partial charge in [-0.2, -0.15) is 5.26 Å². The molecule has 1 rings (SSSR count). The second kappa shape index (κ2) is 5.72. The van der Waals surface area contributed by atoms with Crippen molar-refractivity contribution >= 4 is 11.8 Å². The highest BCUT2D eigenvalue weighted by molar-refractivity contribution is 7.99. The van der Waals surface area contributed by atoms with Crippen LogP contribution in [0.3, 0.4) is 0 Å². The minimum Gasteiger partial charge on any atom is -0.192 e. The molecule has 0 heterocycles. The standard InChI is InChI=1S/C12H15NS/c1-3-7-14-12-6-5-10(4-2)8-11(12)9-13/h5-6,8H,3-4,7H2,1-2H3. The molecule has 0 unspecified atom stereocenters. The number of aryl methyl sites for hydroxylation is 1. The SMILES string of the molecule is CCCSc1ccc(CC)cc1C#N. The van der Waals surface area contributed by atoms with Crippen molar-refractivity contribution in [1.82, 2.24) is 0 Å². The monoisotopic (exact) mass is 205 g/mol. The van der Waals surface area contributed by atoms with Crippen LogP contribution in [0.25, 0.3) is 0 Å². The molecule has 1 nitrogen and oxygen atoms in total. The Morgan fingerprint density at radius 2 is 2.14 bits per heavy atom. The summed E-state index contributed by atoms with van der Waals surface area (Å²) in [5.41, 5.74) is 2.06. The Morgan fingerprint density at radius 1 is 1.36 bits per heavy atom. The Hall–Kier alpha value is -0.940. The Morgan fingerprint density at radius 3 is 2.71 bits per heavy atom. The topological polar surface area (TPSA) is 23.8 Å². The number of thioether (sulfide) groups is 1. The first kappa shape index (κ1) is 11.1. The van der Waals surface area contributed by atoms with Crippen LogP contribution in [0.2, 0.25) is 0 Å². The van der Waals surface area contributed by atoms with Gasteiger partial charge in [0.15, 0.2) is 0 Å². The third-order valence-electron chi connectivity index (χ3n) is 2.03. The normalized spacial score (nSPS) is 9.79. The predicted molar refractivity (Wildman–Crippen MR) is 61.6 cm³/mol. The number of hydrogen-bond acceptors (Lipinski definition) is 2. The first-order valence-electron chi connectivity index (χ1n) is 4.97. The fraction of sp³-hybridized carbons (Fsp3) is 0.417. The average molecular weight is 205 g/mol. The summed E-state index contributed by atoms with van der Waals surface area (Å²) in [6.45, 7) is 4.26. The molecule has 0 fully saturated rings. The van der Waals surface area contributed by atoms with E-state index in [1.54, 1.807) is 11.8 Å². The van der Waals surface area contributed by atoms with E-state index in [2.05, 4.69) is 32.0 Å². The second-order valence-corrected chi connectivity index (χ2v) is 4.28. The summed E-state index contributed by atoms with van der Waals surface area (Å²) >= 11 is 1.77. The van der Waals surface area contributed by atoms with E-state index in [0.717, 1.165) is 29.1 Å². The first-order valence-corrected chi connectivity index (χ1v) is 5.96. The highest BCUT2D eigenvalue weighted by Crippen LogP contribution is 2.24. The largest absolute Gasteiger partial charge is 0.192 e. The van der Waals surface area contributed by atoms with Gasteiger partial charge in [0, 0.05) is 4.90 Å². The summed E-state index contributed by atoms with van der Waals surface area (Å²) in [6.07, 6.45) is 2.14. The molecule has 0 aliphatic heterocycles. The molecular formula is C12H15NS. The van der Waals surface area contributed by atoms with Crippen LogP contribution in [0, 0.1) is 11.3 Å². The smallest absolute Gasteiger partial charge is 0.100 e. The fourth-order valence-electron chi connectivity index (χ4n) is 1.22. The summed E-state index contributed by atoms with van der Waals surface area (Å²) in [5, 5.41) is 8.97. The lowest BCUT2D eigenvalue weighted by atomic mass is 10.1. The molecule has 0 spiro atoms. The van der Waals surface area contributed by atoms with Crippen molar-refractivity contribution in [2.45, 2.75) is 31.6 Å². The van der Waals surface area contributed by atoms with E-state index >= 15 is 0 Å². The van der Waals surface area contributed by atoms with Gasteiger partial charge >= 0.3 is 0 Å². The molecule has 2 heteroatoms. The molecular weight excluding hydrogens is 190 g/mol. The maximum absolute atomic E-state index is 8.97. The molecule has 1 aromatic carbocycles. The molecule has 0 radical (unpaired) electrons. The lowest BCUT2D eigenvalue weighted by molar-refractivity contribution is 1.10. The molecule has 0 N–H and O–H groups in total. The van der Waals surface area contributed by atoms with Gasteiger partial charge in [0.1, 0.15) is 6.07 Å². The van der Waals surface area contributed by atoms with E-state index < -0.39 is 0 Å². The van der Waals surface area contributed by atoms with Crippen LogP contribution in [0.5, 0.6) is 0 Å². The average Bonchev–Trinajstić information content (AvgIpc) is 2.26. The van der Waals surface area contributed by atoms with E-state index in [-0.39, 0.29) is 0 Å². The van der Waals surface area contributed by atoms with Crippen LogP contribution in [-0.4, -0.2) is 5.75 Å². The van der Waals surface area contributed by atoms with Gasteiger partial charge in [0.05, 0.1) is 5.56 Å². The van der Waals surface area contributed by atoms with Gasteiger partial charge in [-0.25, -0.2) is 0 Å². The highest BCUT2D eigenvalue weighted by Gasteiger charge is 2.02. The van der Waals surface area contributed by atoms with Crippen LogP contribution < -0.4 is 0 Å². The molecule has 0 amide bonds. The van der Waals surface area contributed by atoms with E-state index in [4.69, 9.17) is 5.26 Å². The van der Waals surface area contributed by atoms with Gasteiger partial charge in [-0.3, -0.25) is 0 Å². The van der Waals surface area contributed by atoms with Gasteiger partial charge in [0.25, 0.3) is 0 Å². The Labute approximate surface area is 90.1 Å². The second-order valence-electron chi connectivity index (χ2n) is 3.14. The van der Waals surface area contributed by atoms with Gasteiger partial charge < -0.3 is 0 Å². The Bertz CT molecular complexity index is 339. The van der Waals surface area contributed by atoms with Crippen molar-refractivity contribution in [2.75, 3.05) is 5.75 Å². The lowest BCUT2D eigenvalue weighted by Crippen LogP contribution is -1.87. The van der Waals surface area contributed by atoms with Crippen molar-refractivity contribution in [3.8, 4) is 6.07 Å². The van der Waals surface area contributed by atoms with E-state index in [1.165, 1.54) is 5.56 Å². The van der Waals surface area contributed by atoms with Crippen molar-refractivity contribution in [3.63, 3.8) is 0 Å². The third-order valence-corrected chi connectivity index (χ3v) is 3.31. The molecule has 1 aromatic rings. The quantitative estimate of drug-likeness (QED) is 0.701. The van der Waals surface area contributed by atoms with Crippen LogP contribution in [0.15, 0.2) is 23.1 Å². The molecule has 0 bridgehead atoms. The van der Waals surface area contributed by atoms with E-state index in [9.17, 15) is 0 Å². The zero-order valence-electron chi connectivity index (χ0n) is 8.71. The van der Waals surface area contributed by atoms with Gasteiger partial charge in [-0.15, -0.1) is 11.8 Å². The van der Waals surface area contributed by atoms with Crippen LogP contribution in [0.1, 0.15) is 31.4 Å². The third kappa shape index (κ3) is 2.78. The van der Waals surface area contributed by atoms with Crippen molar-refractivity contribution in [3.05, 3.63) is 29.3 Å². The number of hydrogen-bond donors (Lipinski definition) is 0. The number of rotatable bonds is 4. The van der Waals surface area contributed by atoms with Gasteiger partial charge in [-0.05, 0) is 36.3 Å². The zero-order chi connectivity index (χ0) is 10.4. The number of benzene rings is 1. The van der Waals surface area contributed by atoms with E-state index in [0.29, 0.717) is 0 Å². The molecule has 0 saturated carbocycles. The maximum Gasteiger partial charge on any atom is 0.100 e. The summed E-state index contributed by atoms with van der Waals surface area (Å²) in [7, 11) is 0. The summed E-state index contributed by atoms with van der Waals surface area (Å²) < 4.78 is 0. The molecule has 0 aliphatic carbocycles. The molecule has 0 atom stereocenters. The van der Waals surface area contributed by atoms with Crippen LogP contribution in [0.4, 0.5) is 0 Å². The minimum absolute atomic E-state index is 0.822. The number of nitriles is 1. The summed E-state index contributed by atoms with van der Waals surface area (Å²) in [4.78, 5) is 1.12. The zero-order valence-corrected chi connectivity index (χ0v) is 9.53. The Balaban J connectivity index is 2.89. The first-order chi connectivity index (χ1) is 6.81. The summed E-state index contributed by atoms with van der Waals surface area (Å²) in [6, 6.07) is 8.43. The molecule has 74 valence electrons. The molecule has 0 aliphatic rings. The van der Waals surface area contributed by atoms with Gasteiger partial charge in [0.2, 0.25) is 0 Å². The van der Waals surface area contributed by atoms with Crippen LogP contribution >= 0.6 is 11.8 Å². The fourth-order valence-corrected chi connectivity index (χ4v) is 2.07. The van der Waals surface area contributed by atoms with E-state index in [1.807, 2.05) is 6.07 Å². The predicted octanol–water partition coefficient (Wildman–Crippen LogP) is 3.62. The molecule has 0 saturated heterocycles. The van der Waals surface area contributed by atoms with Gasteiger partial charge in [-0.1, -0.05) is 19.9 Å². The van der Waals surface area contributed by atoms with Crippen LogP contribution in [-0.2, 0) is 6.42 Å². The van der Waals surface area contributed by atoms with Crippen molar-refractivity contribution in [2.24, 2.45) is 0 Å². The molecule has 0 aromatic heterocycles. The molecule has 14 heavy (non-hydrogen) atoms. The number of nitrogens with zero attached hydrogens (tertiary/aromatic N) is 1. The lowest BCUT2D eigenvalue weighted by Gasteiger charge is -2.04. The highest BCUT2D eigenvalue weighted by atomic mass is 32.2. The van der Waals surface area contributed by atoms with Crippen molar-refractivity contribution < 1.29 is 0 Å². The van der Waals surface area contributed by atoms with Crippen molar-refractivity contribution in [1.29, 1.82) is 5.26 Å². The Kier molecular flexibility index (Phi) is 4.55. The minimum atomic E-state index is 0.822. The maximum atomic E-state index is 8.97.